The van der Waals surface area contributed by atoms with Crippen molar-refractivity contribution in [2.45, 2.75) is 13.5 Å². The van der Waals surface area contributed by atoms with Gasteiger partial charge in [-0.1, -0.05) is 35.9 Å². The van der Waals surface area contributed by atoms with Gasteiger partial charge in [0, 0.05) is 37.7 Å². The Balaban J connectivity index is 1.59. The Bertz CT molecular complexity index is 727. The van der Waals surface area contributed by atoms with Gasteiger partial charge in [-0.25, -0.2) is 0 Å². The lowest BCUT2D eigenvalue weighted by atomic mass is 10.1. The molecule has 0 aromatic heterocycles. The number of carbonyl (C=O) groups is 1. The van der Waals surface area contributed by atoms with Crippen LogP contribution in [0.5, 0.6) is 5.75 Å². The van der Waals surface area contributed by atoms with Crippen LogP contribution in [0.1, 0.15) is 22.8 Å². The monoisotopic (exact) mass is 358 g/mol. The smallest absolute Gasteiger partial charge is 0.257 e. The topological polar surface area (TPSA) is 32.8 Å². The number of nitrogens with zero attached hydrogens (tertiary/aromatic N) is 2. The molecule has 2 aromatic carbocycles. The zero-order valence-electron chi connectivity index (χ0n) is 14.5. The van der Waals surface area contributed by atoms with Crippen molar-refractivity contribution in [2.24, 2.45) is 0 Å². The second-order valence-electron chi connectivity index (χ2n) is 6.13. The molecule has 1 amide bonds. The van der Waals surface area contributed by atoms with E-state index in [4.69, 9.17) is 16.3 Å². The van der Waals surface area contributed by atoms with Crippen LogP contribution in [-0.4, -0.2) is 48.5 Å². The second-order valence-corrected chi connectivity index (χ2v) is 6.56. The molecule has 0 bridgehead atoms. The van der Waals surface area contributed by atoms with Gasteiger partial charge in [0.2, 0.25) is 0 Å². The van der Waals surface area contributed by atoms with E-state index in [9.17, 15) is 4.79 Å². The van der Waals surface area contributed by atoms with Gasteiger partial charge >= 0.3 is 0 Å². The molecule has 2 aromatic rings. The zero-order chi connectivity index (χ0) is 17.6. The van der Waals surface area contributed by atoms with Crippen LogP contribution in [0.3, 0.4) is 0 Å². The molecule has 5 heteroatoms. The molecule has 4 nitrogen and oxygen atoms in total. The molecule has 1 aliphatic heterocycles. The molecular weight excluding hydrogens is 336 g/mol. The normalized spacial score (nSPS) is 15.2. The summed E-state index contributed by atoms with van der Waals surface area (Å²) in [6.07, 6.45) is 0. The highest BCUT2D eigenvalue weighted by atomic mass is 35.5. The summed E-state index contributed by atoms with van der Waals surface area (Å²) in [4.78, 5) is 17.1. The van der Waals surface area contributed by atoms with Gasteiger partial charge in [0.1, 0.15) is 5.75 Å². The number of benzene rings is 2. The summed E-state index contributed by atoms with van der Waals surface area (Å²) in [7, 11) is 0. The molecule has 0 aliphatic carbocycles. The fourth-order valence-corrected chi connectivity index (χ4v) is 3.31. The van der Waals surface area contributed by atoms with E-state index in [0.29, 0.717) is 17.9 Å². The predicted molar refractivity (Wildman–Crippen MR) is 100 cm³/mol. The van der Waals surface area contributed by atoms with Gasteiger partial charge in [-0.2, -0.15) is 0 Å². The van der Waals surface area contributed by atoms with Crippen LogP contribution in [0, 0.1) is 0 Å². The Kier molecular flexibility index (Phi) is 5.95. The number of amides is 1. The molecule has 1 saturated heterocycles. The van der Waals surface area contributed by atoms with Crippen LogP contribution in [0.2, 0.25) is 5.02 Å². The van der Waals surface area contributed by atoms with E-state index in [2.05, 4.69) is 11.0 Å². The number of halogens is 1. The van der Waals surface area contributed by atoms with Gasteiger partial charge in [0.05, 0.1) is 12.2 Å². The second kappa shape index (κ2) is 8.37. The summed E-state index contributed by atoms with van der Waals surface area (Å²) in [6.45, 7) is 6.50. The Morgan fingerprint density at radius 2 is 1.84 bits per heavy atom. The number of hydrogen-bond acceptors (Lipinski definition) is 3. The lowest BCUT2D eigenvalue weighted by Crippen LogP contribution is -2.48. The van der Waals surface area contributed by atoms with Crippen molar-refractivity contribution in [3.63, 3.8) is 0 Å². The first kappa shape index (κ1) is 17.8. The molecule has 1 aliphatic rings. The summed E-state index contributed by atoms with van der Waals surface area (Å²) in [6, 6.07) is 15.4. The van der Waals surface area contributed by atoms with Crippen molar-refractivity contribution in [3.8, 4) is 5.75 Å². The summed E-state index contributed by atoms with van der Waals surface area (Å²) in [5.41, 5.74) is 1.85. The van der Waals surface area contributed by atoms with E-state index in [-0.39, 0.29) is 5.91 Å². The molecule has 3 rings (SSSR count). The van der Waals surface area contributed by atoms with E-state index < -0.39 is 0 Å². The molecule has 0 saturated carbocycles. The van der Waals surface area contributed by atoms with Crippen molar-refractivity contribution in [1.29, 1.82) is 0 Å². The third-order valence-electron chi connectivity index (χ3n) is 4.37. The van der Waals surface area contributed by atoms with Crippen LogP contribution in [0.15, 0.2) is 48.5 Å². The zero-order valence-corrected chi connectivity index (χ0v) is 15.2. The van der Waals surface area contributed by atoms with E-state index >= 15 is 0 Å². The largest absolute Gasteiger partial charge is 0.493 e. The van der Waals surface area contributed by atoms with Gasteiger partial charge in [0.15, 0.2) is 0 Å². The first-order valence-corrected chi connectivity index (χ1v) is 9.03. The van der Waals surface area contributed by atoms with E-state index in [1.54, 1.807) is 0 Å². The lowest BCUT2D eigenvalue weighted by Gasteiger charge is -2.35. The minimum absolute atomic E-state index is 0.0476. The van der Waals surface area contributed by atoms with Gasteiger partial charge < -0.3 is 9.64 Å². The number of piperazine rings is 1. The van der Waals surface area contributed by atoms with Crippen LogP contribution >= 0.6 is 11.6 Å². The highest BCUT2D eigenvalue weighted by molar-refractivity contribution is 6.30. The average molecular weight is 359 g/mol. The maximum absolute atomic E-state index is 12.8. The number of carbonyl (C=O) groups excluding carboxylic acids is 1. The van der Waals surface area contributed by atoms with Gasteiger partial charge in [-0.05, 0) is 36.8 Å². The Morgan fingerprint density at radius 3 is 2.56 bits per heavy atom. The van der Waals surface area contributed by atoms with Crippen molar-refractivity contribution < 1.29 is 9.53 Å². The molecule has 132 valence electrons. The maximum atomic E-state index is 12.8. The Morgan fingerprint density at radius 1 is 1.08 bits per heavy atom. The van der Waals surface area contributed by atoms with Crippen molar-refractivity contribution in [3.05, 3.63) is 64.7 Å². The summed E-state index contributed by atoms with van der Waals surface area (Å²) < 4.78 is 5.59. The number of hydrogen-bond donors (Lipinski definition) is 0. The molecular formula is C20H23ClN2O2. The standard InChI is InChI=1S/C20H23ClN2O2/c1-2-25-19-9-4-3-8-18(19)20(24)23-12-10-22(11-13-23)15-16-6-5-7-17(21)14-16/h3-9,14H,2,10-13,15H2,1H3. The minimum Gasteiger partial charge on any atom is -0.493 e. The molecule has 0 spiro atoms. The van der Waals surface area contributed by atoms with Crippen LogP contribution < -0.4 is 4.74 Å². The van der Waals surface area contributed by atoms with Crippen molar-refractivity contribution in [1.82, 2.24) is 9.80 Å². The molecule has 25 heavy (non-hydrogen) atoms. The van der Waals surface area contributed by atoms with E-state index in [0.717, 1.165) is 37.7 Å². The van der Waals surface area contributed by atoms with Gasteiger partial charge in [0.25, 0.3) is 5.91 Å². The SMILES string of the molecule is CCOc1ccccc1C(=O)N1CCN(Cc2cccc(Cl)c2)CC1. The highest BCUT2D eigenvalue weighted by Crippen LogP contribution is 2.21. The van der Waals surface area contributed by atoms with E-state index in [1.165, 1.54) is 5.56 Å². The quantitative estimate of drug-likeness (QED) is 0.817. The summed E-state index contributed by atoms with van der Waals surface area (Å²) >= 11 is 6.05. The van der Waals surface area contributed by atoms with Gasteiger partial charge in [-0.3, -0.25) is 9.69 Å². The van der Waals surface area contributed by atoms with Crippen LogP contribution in [-0.2, 0) is 6.54 Å². The summed E-state index contributed by atoms with van der Waals surface area (Å²) in [5.74, 6) is 0.711. The molecule has 0 radical (unpaired) electrons. The molecule has 0 unspecified atom stereocenters. The Labute approximate surface area is 154 Å². The van der Waals surface area contributed by atoms with Crippen molar-refractivity contribution in [2.75, 3.05) is 32.8 Å². The first-order chi connectivity index (χ1) is 12.2. The maximum Gasteiger partial charge on any atom is 0.257 e. The third kappa shape index (κ3) is 4.53. The van der Waals surface area contributed by atoms with Crippen LogP contribution in [0.4, 0.5) is 0 Å². The minimum atomic E-state index is 0.0476. The van der Waals surface area contributed by atoms with Crippen LogP contribution in [0.25, 0.3) is 0 Å². The fraction of sp³-hybridized carbons (Fsp3) is 0.350. The Hall–Kier alpha value is -2.04. The lowest BCUT2D eigenvalue weighted by molar-refractivity contribution is 0.0624. The fourth-order valence-electron chi connectivity index (χ4n) is 3.10. The van der Waals surface area contributed by atoms with Gasteiger partial charge in [-0.15, -0.1) is 0 Å². The van der Waals surface area contributed by atoms with E-state index in [1.807, 2.05) is 54.3 Å². The predicted octanol–water partition coefficient (Wildman–Crippen LogP) is 3.70. The number of para-hydroxylation sites is 1. The summed E-state index contributed by atoms with van der Waals surface area (Å²) in [5, 5.41) is 0.763. The number of ether oxygens (including phenoxy) is 1. The first-order valence-electron chi connectivity index (χ1n) is 8.65. The molecule has 1 fully saturated rings. The molecule has 0 atom stereocenters. The average Bonchev–Trinajstić information content (AvgIpc) is 2.63. The van der Waals surface area contributed by atoms with Crippen molar-refractivity contribution >= 4 is 17.5 Å². The third-order valence-corrected chi connectivity index (χ3v) is 4.61. The molecule has 1 heterocycles. The highest BCUT2D eigenvalue weighted by Gasteiger charge is 2.24. The molecule has 0 N–H and O–H groups in total. The number of rotatable bonds is 5.